The third kappa shape index (κ3) is 51.7. The van der Waals surface area contributed by atoms with Gasteiger partial charge in [-0.2, -0.15) is 11.8 Å². The molecule has 0 aliphatic rings. The van der Waals surface area contributed by atoms with Gasteiger partial charge in [0, 0.05) is 19.4 Å². The summed E-state index contributed by atoms with van der Waals surface area (Å²) in [5, 5.41) is 23.2. The fraction of sp³-hybridized carbons (Fsp3) is 0.906. The minimum Gasteiger partial charge on any atom is -0.481 e. The molecule has 2 atom stereocenters. The Bertz CT molecular complexity index is 577. The molecule has 43 heavy (non-hydrogen) atoms. The number of rotatable bonds is 27. The molecule has 2 unspecified atom stereocenters. The Kier molecular flexibility index (Phi) is 53.5. The van der Waals surface area contributed by atoms with Crippen LogP contribution in [0, 0.1) is 0 Å². The number of amides is 1. The highest BCUT2D eigenvalue weighted by molar-refractivity contribution is 8.76. The maximum absolute atomic E-state index is 11.8. The summed E-state index contributed by atoms with van der Waals surface area (Å²) in [5.74, 6) is -1.41. The quantitative estimate of drug-likeness (QED) is 0.0380. The lowest BCUT2D eigenvalue weighted by Crippen LogP contribution is -2.30. The Morgan fingerprint density at radius 1 is 0.605 bits per heavy atom. The minimum absolute atomic E-state index is 0.108. The Morgan fingerprint density at radius 3 is 1.26 bits per heavy atom. The van der Waals surface area contributed by atoms with Crippen molar-refractivity contribution >= 4 is 60.6 Å². The van der Waals surface area contributed by atoms with Crippen molar-refractivity contribution in [3.05, 3.63) is 0 Å². The first kappa shape index (κ1) is 49.7. The molecule has 0 aromatic carbocycles. The number of carbonyl (C=O) groups excluding carboxylic acids is 1. The molecule has 1 amide bonds. The third-order valence-electron chi connectivity index (χ3n) is 6.45. The molecule has 0 saturated heterocycles. The monoisotopic (exact) mass is 688 g/mol. The second-order valence-corrected chi connectivity index (χ2v) is 14.0. The van der Waals surface area contributed by atoms with Gasteiger partial charge >= 0.3 is 11.9 Å². The highest BCUT2D eigenvalue weighted by atomic mass is 33.1. The van der Waals surface area contributed by atoms with Crippen molar-refractivity contribution in [2.24, 2.45) is 0 Å². The summed E-state index contributed by atoms with van der Waals surface area (Å²) in [4.78, 5) is 33.2. The number of carboxylic acid groups (broad SMARTS) is 2. The predicted octanol–water partition coefficient (Wildman–Crippen LogP) is 9.84. The van der Waals surface area contributed by atoms with Crippen molar-refractivity contribution in [3.8, 4) is 0 Å². The lowest BCUT2D eigenvalue weighted by molar-refractivity contribution is -0.139. The van der Waals surface area contributed by atoms with Crippen molar-refractivity contribution in [1.82, 2.24) is 10.4 Å². The molecule has 0 fully saturated rings. The standard InChI is InChI=1S/C26H51N2O5P.C2H6S2.C2H6S.C2H6/c29-24(27-22-18-17-19-23(28-34)26(32)33)20-15-13-11-9-7-5-3-1-2-4-6-8-10-12-14-16-21-25(30)31;1-3-4-2;1-3-2;1-2/h23,28H,1-22,34H2,(H,27,29)(H,30,31)(H,32,33);1-2H3;1-2H3;1-2H3. The van der Waals surface area contributed by atoms with Crippen molar-refractivity contribution in [2.75, 3.05) is 31.6 Å². The zero-order chi connectivity index (χ0) is 33.4. The molecule has 0 aromatic heterocycles. The Balaban J connectivity index is -0.000000745. The Labute approximate surface area is 280 Å². The molecule has 0 aliphatic carbocycles. The third-order valence-corrected chi connectivity index (χ3v) is 8.19. The van der Waals surface area contributed by atoms with Gasteiger partial charge in [-0.1, -0.05) is 135 Å². The number of hydrogen-bond acceptors (Lipinski definition) is 7. The zero-order valence-electron chi connectivity index (χ0n) is 28.6. The smallest absolute Gasteiger partial charge is 0.320 e. The summed E-state index contributed by atoms with van der Waals surface area (Å²) in [6.07, 6.45) is 30.6. The summed E-state index contributed by atoms with van der Waals surface area (Å²) >= 11 is 1.75. The lowest BCUT2D eigenvalue weighted by Gasteiger charge is -2.10. The van der Waals surface area contributed by atoms with E-state index in [0.717, 1.165) is 38.5 Å². The molecule has 0 bridgehead atoms. The van der Waals surface area contributed by atoms with E-state index >= 15 is 0 Å². The molecule has 7 nitrogen and oxygen atoms in total. The Hall–Kier alpha value is -0.150. The van der Waals surface area contributed by atoms with Crippen molar-refractivity contribution in [1.29, 1.82) is 0 Å². The van der Waals surface area contributed by atoms with Crippen LogP contribution in [0.4, 0.5) is 0 Å². The van der Waals surface area contributed by atoms with E-state index < -0.39 is 18.0 Å². The first-order valence-electron chi connectivity index (χ1n) is 16.4. The van der Waals surface area contributed by atoms with E-state index in [1.807, 2.05) is 26.4 Å². The summed E-state index contributed by atoms with van der Waals surface area (Å²) in [6, 6.07) is -0.536. The molecule has 0 heterocycles. The number of nitrogens with one attached hydrogen (secondary N) is 2. The van der Waals surface area contributed by atoms with Gasteiger partial charge in [-0.15, -0.1) is 0 Å². The van der Waals surface area contributed by atoms with Gasteiger partial charge in [0.05, 0.1) is 0 Å². The van der Waals surface area contributed by atoms with E-state index in [0.29, 0.717) is 25.8 Å². The van der Waals surface area contributed by atoms with Gasteiger partial charge in [-0.3, -0.25) is 19.5 Å². The van der Waals surface area contributed by atoms with E-state index in [9.17, 15) is 14.4 Å². The molecule has 0 rings (SSSR count). The molecule has 0 saturated carbocycles. The van der Waals surface area contributed by atoms with Crippen LogP contribution in [0.15, 0.2) is 0 Å². The van der Waals surface area contributed by atoms with Crippen LogP contribution >= 0.6 is 42.7 Å². The first-order chi connectivity index (χ1) is 20.8. The number of hydrogen-bond donors (Lipinski definition) is 4. The highest BCUT2D eigenvalue weighted by Gasteiger charge is 2.13. The van der Waals surface area contributed by atoms with Gasteiger partial charge in [0.2, 0.25) is 5.91 Å². The van der Waals surface area contributed by atoms with E-state index in [1.54, 1.807) is 33.3 Å². The van der Waals surface area contributed by atoms with E-state index in [2.05, 4.69) is 32.3 Å². The van der Waals surface area contributed by atoms with Gasteiger partial charge in [0.1, 0.15) is 6.04 Å². The number of aliphatic carboxylic acids is 2. The lowest BCUT2D eigenvalue weighted by atomic mass is 10.0. The molecular formula is C32H69N2O5PS3. The normalized spacial score (nSPS) is 10.7. The van der Waals surface area contributed by atoms with Crippen LogP contribution in [-0.4, -0.2) is 65.7 Å². The van der Waals surface area contributed by atoms with E-state index in [-0.39, 0.29) is 5.91 Å². The number of carboxylic acids is 2. The van der Waals surface area contributed by atoms with Crippen LogP contribution in [0.5, 0.6) is 0 Å². The second-order valence-electron chi connectivity index (χ2n) is 10.2. The zero-order valence-corrected chi connectivity index (χ0v) is 32.2. The highest BCUT2D eigenvalue weighted by Crippen LogP contribution is 2.14. The van der Waals surface area contributed by atoms with Gasteiger partial charge < -0.3 is 15.5 Å². The summed E-state index contributed by atoms with van der Waals surface area (Å²) < 4.78 is 0. The molecule has 260 valence electrons. The molecule has 11 heteroatoms. The molecule has 0 spiro atoms. The average molecular weight is 689 g/mol. The van der Waals surface area contributed by atoms with Crippen LogP contribution in [0.2, 0.25) is 0 Å². The number of thioether (sulfide) groups is 1. The molecule has 0 aromatic rings. The van der Waals surface area contributed by atoms with Gasteiger partial charge in [0.25, 0.3) is 0 Å². The molecule has 0 aliphatic heterocycles. The summed E-state index contributed by atoms with van der Waals surface area (Å²) in [7, 11) is 5.79. The summed E-state index contributed by atoms with van der Waals surface area (Å²) in [6.45, 7) is 4.62. The van der Waals surface area contributed by atoms with Crippen LogP contribution in [-0.2, 0) is 14.4 Å². The average Bonchev–Trinajstić information content (AvgIpc) is 2.99. The minimum atomic E-state index is -0.843. The van der Waals surface area contributed by atoms with Crippen LogP contribution < -0.4 is 10.4 Å². The fourth-order valence-electron chi connectivity index (χ4n) is 4.10. The molecule has 4 N–H and O–H groups in total. The topological polar surface area (TPSA) is 116 Å². The van der Waals surface area contributed by atoms with Crippen molar-refractivity contribution in [3.63, 3.8) is 0 Å². The summed E-state index contributed by atoms with van der Waals surface area (Å²) in [5.41, 5.74) is 0. The van der Waals surface area contributed by atoms with Crippen LogP contribution in [0.3, 0.4) is 0 Å². The van der Waals surface area contributed by atoms with Crippen LogP contribution in [0.1, 0.15) is 149 Å². The number of unbranched alkanes of at least 4 members (excludes halogenated alkanes) is 16. The van der Waals surface area contributed by atoms with E-state index in [4.69, 9.17) is 10.2 Å². The van der Waals surface area contributed by atoms with Crippen molar-refractivity contribution < 1.29 is 24.6 Å². The Morgan fingerprint density at radius 2 is 0.953 bits per heavy atom. The maximum Gasteiger partial charge on any atom is 0.320 e. The largest absolute Gasteiger partial charge is 0.481 e. The van der Waals surface area contributed by atoms with Gasteiger partial charge in [-0.05, 0) is 57.1 Å². The first-order valence-corrected chi connectivity index (χ1v) is 21.6. The van der Waals surface area contributed by atoms with Crippen molar-refractivity contribution in [2.45, 2.75) is 155 Å². The van der Waals surface area contributed by atoms with Gasteiger partial charge in [0.15, 0.2) is 0 Å². The molecule has 0 radical (unpaired) electrons. The molecular weight excluding hydrogens is 620 g/mol. The van der Waals surface area contributed by atoms with Crippen LogP contribution in [0.25, 0.3) is 0 Å². The SMILES string of the molecule is CC.CSC.CSSC.O=C(O)CCCCCCCCCCCCCCCCCCC(=O)NCCCCC(NP)C(=O)O. The van der Waals surface area contributed by atoms with Gasteiger partial charge in [-0.25, -0.2) is 0 Å². The number of carbonyl (C=O) groups is 3. The predicted molar refractivity (Wildman–Crippen MR) is 200 cm³/mol. The second kappa shape index (κ2) is 46.3. The maximum atomic E-state index is 11.8. The fourth-order valence-corrected chi connectivity index (χ4v) is 4.41. The van der Waals surface area contributed by atoms with E-state index in [1.165, 1.54) is 77.0 Å².